The van der Waals surface area contributed by atoms with Gasteiger partial charge in [-0.05, 0) is 9.13 Å². The molecule has 0 aliphatic carbocycles. The fourth-order valence-electron chi connectivity index (χ4n) is 0.293. The predicted molar refractivity (Wildman–Crippen MR) is 28.0 cm³/mol. The molecule has 0 fully saturated rings. The van der Waals surface area contributed by atoms with E-state index in [2.05, 4.69) is 9.05 Å². The average Bonchev–Trinajstić information content (AvgIpc) is 1.53. The first kappa shape index (κ1) is 21.5. The molecule has 0 heterocycles. The molecule has 1 N–H and O–H groups in total. The van der Waals surface area contributed by atoms with Crippen molar-refractivity contribution in [1.82, 2.24) is 0 Å². The Morgan fingerprint density at radius 1 is 1.15 bits per heavy atom. The molecule has 2 atom stereocenters. The molecular weight excluding hydrogens is 276 g/mol. The molecule has 0 saturated heterocycles. The molecule has 13 heavy (non-hydrogen) atoms. The molecule has 0 aromatic carbocycles. The van der Waals surface area contributed by atoms with Crippen molar-refractivity contribution in [1.29, 1.82) is 0 Å². The van der Waals surface area contributed by atoms with Crippen LogP contribution in [0.15, 0.2) is 0 Å². The van der Waals surface area contributed by atoms with Crippen LogP contribution in [0.1, 0.15) is 6.92 Å². The van der Waals surface area contributed by atoms with Crippen LogP contribution < -0.4 is 113 Å². The van der Waals surface area contributed by atoms with Gasteiger partial charge in [-0.25, -0.2) is 0 Å². The van der Waals surface area contributed by atoms with Crippen molar-refractivity contribution in [2.45, 2.75) is 12.9 Å². The molecule has 7 nitrogen and oxygen atoms in total. The van der Waals surface area contributed by atoms with Gasteiger partial charge in [0.05, 0.1) is 0 Å². The third-order valence-electron chi connectivity index (χ3n) is 0.488. The summed E-state index contributed by atoms with van der Waals surface area (Å²) in [6, 6.07) is 0. The minimum absolute atomic E-state index is 0. The molecule has 0 saturated carbocycles. The van der Waals surface area contributed by atoms with Crippen LogP contribution in [0.25, 0.3) is 0 Å². The Morgan fingerprint density at radius 2 is 1.38 bits per heavy atom. The minimum Gasteiger partial charge on any atom is -0.566 e. The molecular formula is C2H4K2O7P2+2. The summed E-state index contributed by atoms with van der Waals surface area (Å²) >= 11 is 0. The van der Waals surface area contributed by atoms with Gasteiger partial charge in [0.25, 0.3) is 0 Å². The van der Waals surface area contributed by atoms with Crippen molar-refractivity contribution in [3.05, 3.63) is 0 Å². The second kappa shape index (κ2) is 10.4. The van der Waals surface area contributed by atoms with Gasteiger partial charge in [0.2, 0.25) is 0 Å². The summed E-state index contributed by atoms with van der Waals surface area (Å²) in [5.41, 5.74) is 0. The molecule has 0 rings (SSSR count). The van der Waals surface area contributed by atoms with E-state index in [1.54, 1.807) is 0 Å². The Kier molecular flexibility index (Phi) is 17.3. The maximum atomic E-state index is 9.77. The number of rotatable bonds is 4. The van der Waals surface area contributed by atoms with Crippen LogP contribution in [-0.4, -0.2) is 11.1 Å². The summed E-state index contributed by atoms with van der Waals surface area (Å²) in [5, 5.41) is 8.64. The Bertz CT molecular complexity index is 165. The molecule has 64 valence electrons. The molecule has 11 heteroatoms. The maximum Gasteiger partial charge on any atom is 1.00 e. The fourth-order valence-corrected chi connectivity index (χ4v) is 0.980. The fraction of sp³-hybridized carbons (Fsp3) is 1.00. The van der Waals surface area contributed by atoms with Gasteiger partial charge in [-0.2, -0.15) is 0 Å². The number of aliphatic hydroxyl groups is 1. The number of hydrogen-bond donors (Lipinski definition) is 1. The topological polar surface area (TPSA) is 119 Å². The van der Waals surface area contributed by atoms with Gasteiger partial charge >= 0.3 is 125 Å². The average molecular weight is 280 g/mol. The van der Waals surface area contributed by atoms with Gasteiger partial charge in [-0.3, -0.25) is 0 Å². The zero-order chi connectivity index (χ0) is 9.07. The standard InChI is InChI=1S/C2H4O7P2.2K/c1-2(3,8-10(4)5)9-11(6)7;;/h3H,1H3;;/q;2*+1. The van der Waals surface area contributed by atoms with Crippen LogP contribution in [0.4, 0.5) is 0 Å². The van der Waals surface area contributed by atoms with Gasteiger partial charge in [0.15, 0.2) is 0 Å². The van der Waals surface area contributed by atoms with Crippen LogP contribution in [-0.2, 0) is 18.2 Å². The van der Waals surface area contributed by atoms with Gasteiger partial charge in [0, 0.05) is 6.92 Å². The first-order valence-electron chi connectivity index (χ1n) is 2.23. The van der Waals surface area contributed by atoms with E-state index in [1.165, 1.54) is 0 Å². The first-order valence-corrected chi connectivity index (χ1v) is 4.42. The Hall–Kier alpha value is 3.27. The van der Waals surface area contributed by atoms with E-state index in [-0.39, 0.29) is 103 Å². The summed E-state index contributed by atoms with van der Waals surface area (Å²) in [6.45, 7) is 0.725. The van der Waals surface area contributed by atoms with Crippen LogP contribution in [0.5, 0.6) is 0 Å². The normalized spacial score (nSPS) is 16.0. The smallest absolute Gasteiger partial charge is 0.566 e. The van der Waals surface area contributed by atoms with Crippen molar-refractivity contribution in [2.24, 2.45) is 0 Å². The van der Waals surface area contributed by atoms with Crippen molar-refractivity contribution in [3.8, 4) is 0 Å². The van der Waals surface area contributed by atoms with Gasteiger partial charge in [-0.15, -0.1) is 0 Å². The monoisotopic (exact) mass is 280 g/mol. The Morgan fingerprint density at radius 3 is 1.54 bits per heavy atom. The molecule has 0 amide bonds. The van der Waals surface area contributed by atoms with E-state index in [0.29, 0.717) is 0 Å². The second-order valence-electron chi connectivity index (χ2n) is 1.53. The zero-order valence-electron chi connectivity index (χ0n) is 7.29. The van der Waals surface area contributed by atoms with E-state index in [0.717, 1.165) is 6.92 Å². The quantitative estimate of drug-likeness (QED) is 0.308. The molecule has 0 aromatic heterocycles. The van der Waals surface area contributed by atoms with Crippen molar-refractivity contribution in [3.63, 3.8) is 0 Å². The molecule has 0 bridgehead atoms. The SMILES string of the molecule is CC(O)(O[P+](=O)[O-])O[P+](=O)[O-].[K+].[K+]. The van der Waals surface area contributed by atoms with E-state index >= 15 is 0 Å². The summed E-state index contributed by atoms with van der Waals surface area (Å²) in [7, 11) is -6.72. The van der Waals surface area contributed by atoms with Crippen LogP contribution in [0.2, 0.25) is 0 Å². The Balaban J connectivity index is -0.000000500. The van der Waals surface area contributed by atoms with Crippen molar-refractivity contribution < 1.29 is 136 Å². The van der Waals surface area contributed by atoms with Gasteiger partial charge in [-0.1, -0.05) is 9.05 Å². The summed E-state index contributed by atoms with van der Waals surface area (Å²) < 4.78 is 26.9. The van der Waals surface area contributed by atoms with Crippen LogP contribution in [0, 0.1) is 0 Å². The van der Waals surface area contributed by atoms with E-state index in [1.807, 2.05) is 0 Å². The molecule has 0 aromatic rings. The van der Waals surface area contributed by atoms with Gasteiger partial charge in [0.1, 0.15) is 0 Å². The van der Waals surface area contributed by atoms with Crippen molar-refractivity contribution in [2.75, 3.05) is 0 Å². The molecule has 0 aliphatic rings. The van der Waals surface area contributed by atoms with Crippen LogP contribution in [0.3, 0.4) is 0 Å². The predicted octanol–water partition coefficient (Wildman–Crippen LogP) is -7.27. The summed E-state index contributed by atoms with van der Waals surface area (Å²) in [6.07, 6.45) is 0. The first-order chi connectivity index (χ1) is 4.83. The molecule has 0 aliphatic heterocycles. The molecule has 0 spiro atoms. The maximum absolute atomic E-state index is 9.77. The summed E-state index contributed by atoms with van der Waals surface area (Å²) in [4.78, 5) is 19.5. The van der Waals surface area contributed by atoms with Crippen molar-refractivity contribution >= 4 is 16.5 Å². The van der Waals surface area contributed by atoms with E-state index in [4.69, 9.17) is 5.11 Å². The minimum atomic E-state index is -3.36. The zero-order valence-corrected chi connectivity index (χ0v) is 15.3. The molecule has 2 unspecified atom stereocenters. The second-order valence-corrected chi connectivity index (χ2v) is 2.79. The molecule has 0 radical (unpaired) electrons. The number of hydrogen-bond acceptors (Lipinski definition) is 7. The van der Waals surface area contributed by atoms with E-state index in [9.17, 15) is 18.9 Å². The third kappa shape index (κ3) is 15.3. The van der Waals surface area contributed by atoms with Gasteiger partial charge < -0.3 is 14.9 Å². The Labute approximate surface area is 161 Å². The van der Waals surface area contributed by atoms with Crippen LogP contribution >= 0.6 is 16.5 Å². The third-order valence-corrected chi connectivity index (χ3v) is 1.46. The largest absolute Gasteiger partial charge is 1.00 e. The van der Waals surface area contributed by atoms with E-state index < -0.39 is 22.5 Å². The summed E-state index contributed by atoms with van der Waals surface area (Å²) in [5.74, 6) is -2.65.